The van der Waals surface area contributed by atoms with Gasteiger partial charge in [0.05, 0.1) is 12.2 Å². The molecule has 1 unspecified atom stereocenters. The second-order valence-electron chi connectivity index (χ2n) is 4.75. The first-order valence-corrected chi connectivity index (χ1v) is 5.57. The first-order chi connectivity index (χ1) is 6.53. The van der Waals surface area contributed by atoms with Gasteiger partial charge in [0.25, 0.3) is 0 Å². The van der Waals surface area contributed by atoms with Crippen LogP contribution in [0.2, 0.25) is 0 Å². The molecule has 3 heteroatoms. The molecule has 84 valence electrons. The van der Waals surface area contributed by atoms with Crippen LogP contribution >= 0.6 is 0 Å². The molecule has 0 saturated carbocycles. The average Bonchev–Trinajstić information content (AvgIpc) is 2.14. The van der Waals surface area contributed by atoms with Crippen molar-refractivity contribution in [2.75, 3.05) is 26.3 Å². The van der Waals surface area contributed by atoms with Crippen molar-refractivity contribution in [3.63, 3.8) is 0 Å². The van der Waals surface area contributed by atoms with Crippen molar-refractivity contribution < 1.29 is 9.84 Å². The van der Waals surface area contributed by atoms with Gasteiger partial charge in [-0.15, -0.1) is 0 Å². The molecule has 0 aromatic carbocycles. The van der Waals surface area contributed by atoms with Gasteiger partial charge in [0.15, 0.2) is 0 Å². The predicted octanol–water partition coefficient (Wildman–Crippen LogP) is 1.26. The summed E-state index contributed by atoms with van der Waals surface area (Å²) < 4.78 is 5.46. The monoisotopic (exact) mass is 201 g/mol. The number of hydrogen-bond acceptors (Lipinski definition) is 3. The van der Waals surface area contributed by atoms with E-state index < -0.39 is 5.60 Å². The van der Waals surface area contributed by atoms with Crippen LogP contribution in [0.15, 0.2) is 0 Å². The molecule has 1 saturated heterocycles. The summed E-state index contributed by atoms with van der Waals surface area (Å²) in [7, 11) is 0. The van der Waals surface area contributed by atoms with Crippen LogP contribution in [0.25, 0.3) is 0 Å². The van der Waals surface area contributed by atoms with E-state index in [2.05, 4.69) is 11.8 Å². The maximum Gasteiger partial charge on any atom is 0.0718 e. The number of likely N-dealkylation sites (N-methyl/N-ethyl adjacent to an activating group) is 1. The minimum Gasteiger partial charge on any atom is -0.389 e. The Balaban J connectivity index is 2.43. The van der Waals surface area contributed by atoms with Gasteiger partial charge in [0.2, 0.25) is 0 Å². The van der Waals surface area contributed by atoms with E-state index in [4.69, 9.17) is 4.74 Å². The first kappa shape index (κ1) is 12.0. The minimum absolute atomic E-state index is 0.500. The van der Waals surface area contributed by atoms with Gasteiger partial charge >= 0.3 is 0 Å². The third kappa shape index (κ3) is 3.95. The standard InChI is InChI=1S/C11H23NO2/c1-4-12(9-11(2,3)13)10-6-5-7-14-8-10/h10,13H,4-9H2,1-3H3. The molecule has 14 heavy (non-hydrogen) atoms. The van der Waals surface area contributed by atoms with Crippen molar-refractivity contribution in [3.05, 3.63) is 0 Å². The summed E-state index contributed by atoms with van der Waals surface area (Å²) in [5, 5.41) is 9.77. The number of rotatable bonds is 4. The van der Waals surface area contributed by atoms with Crippen LogP contribution in [0.5, 0.6) is 0 Å². The summed E-state index contributed by atoms with van der Waals surface area (Å²) in [6.45, 7) is 9.30. The molecular formula is C11H23NO2. The zero-order valence-corrected chi connectivity index (χ0v) is 9.62. The summed E-state index contributed by atoms with van der Waals surface area (Å²) in [5.41, 5.74) is -0.604. The predicted molar refractivity (Wildman–Crippen MR) is 57.4 cm³/mol. The summed E-state index contributed by atoms with van der Waals surface area (Å²) in [6.07, 6.45) is 2.34. The minimum atomic E-state index is -0.604. The molecule has 3 nitrogen and oxygen atoms in total. The van der Waals surface area contributed by atoms with E-state index in [-0.39, 0.29) is 0 Å². The highest BCUT2D eigenvalue weighted by Crippen LogP contribution is 2.16. The normalized spacial score (nSPS) is 24.2. The fourth-order valence-corrected chi connectivity index (χ4v) is 2.01. The molecule has 1 N–H and O–H groups in total. The van der Waals surface area contributed by atoms with Gasteiger partial charge in [-0.25, -0.2) is 0 Å². The van der Waals surface area contributed by atoms with Gasteiger partial charge < -0.3 is 9.84 Å². The number of aliphatic hydroxyl groups is 1. The molecule has 0 aromatic rings. The van der Waals surface area contributed by atoms with Crippen molar-refractivity contribution in [1.82, 2.24) is 4.90 Å². The van der Waals surface area contributed by atoms with Gasteiger partial charge in [-0.3, -0.25) is 4.90 Å². The molecule has 0 radical (unpaired) electrons. The van der Waals surface area contributed by atoms with Crippen LogP contribution in [-0.2, 0) is 4.74 Å². The van der Waals surface area contributed by atoms with Gasteiger partial charge in [0, 0.05) is 19.2 Å². The lowest BCUT2D eigenvalue weighted by Gasteiger charge is -2.36. The van der Waals surface area contributed by atoms with Crippen molar-refractivity contribution >= 4 is 0 Å². The van der Waals surface area contributed by atoms with Crippen LogP contribution in [0.1, 0.15) is 33.6 Å². The lowest BCUT2D eigenvalue weighted by Crippen LogP contribution is -2.47. The lowest BCUT2D eigenvalue weighted by atomic mass is 10.0. The van der Waals surface area contributed by atoms with Crippen LogP contribution in [-0.4, -0.2) is 48.0 Å². The Hall–Kier alpha value is -0.120. The average molecular weight is 201 g/mol. The maximum absolute atomic E-state index is 9.77. The lowest BCUT2D eigenvalue weighted by molar-refractivity contribution is -0.0219. The largest absolute Gasteiger partial charge is 0.389 e. The van der Waals surface area contributed by atoms with Crippen molar-refractivity contribution in [2.45, 2.75) is 45.3 Å². The molecule has 1 heterocycles. The van der Waals surface area contributed by atoms with Crippen LogP contribution < -0.4 is 0 Å². The highest BCUT2D eigenvalue weighted by molar-refractivity contribution is 4.79. The highest BCUT2D eigenvalue weighted by atomic mass is 16.5. The second kappa shape index (κ2) is 5.10. The second-order valence-corrected chi connectivity index (χ2v) is 4.75. The quantitative estimate of drug-likeness (QED) is 0.743. The Bertz CT molecular complexity index is 159. The number of nitrogens with zero attached hydrogens (tertiary/aromatic N) is 1. The molecular weight excluding hydrogens is 178 g/mol. The van der Waals surface area contributed by atoms with Gasteiger partial charge in [0.1, 0.15) is 0 Å². The van der Waals surface area contributed by atoms with E-state index in [9.17, 15) is 5.11 Å². The van der Waals surface area contributed by atoms with Gasteiger partial charge in [-0.1, -0.05) is 6.92 Å². The molecule has 0 amide bonds. The first-order valence-electron chi connectivity index (χ1n) is 5.57. The zero-order chi connectivity index (χ0) is 10.6. The smallest absolute Gasteiger partial charge is 0.0718 e. The van der Waals surface area contributed by atoms with Crippen LogP contribution in [0.4, 0.5) is 0 Å². The fourth-order valence-electron chi connectivity index (χ4n) is 2.01. The van der Waals surface area contributed by atoms with E-state index in [0.29, 0.717) is 6.04 Å². The number of hydrogen-bond donors (Lipinski definition) is 1. The Kier molecular flexibility index (Phi) is 4.35. The van der Waals surface area contributed by atoms with E-state index in [1.165, 1.54) is 6.42 Å². The zero-order valence-electron chi connectivity index (χ0n) is 9.62. The molecule has 1 aliphatic rings. The Labute approximate surface area is 87.1 Å². The Morgan fingerprint density at radius 3 is 2.64 bits per heavy atom. The SMILES string of the molecule is CCN(CC(C)(C)O)C1CCCOC1. The Morgan fingerprint density at radius 1 is 1.50 bits per heavy atom. The molecule has 0 spiro atoms. The third-order valence-corrected chi connectivity index (χ3v) is 2.65. The highest BCUT2D eigenvalue weighted by Gasteiger charge is 2.25. The molecule has 1 fully saturated rings. The molecule has 0 aliphatic carbocycles. The maximum atomic E-state index is 9.77. The van der Waals surface area contributed by atoms with Crippen LogP contribution in [0, 0.1) is 0 Å². The van der Waals surface area contributed by atoms with E-state index in [1.807, 2.05) is 13.8 Å². The van der Waals surface area contributed by atoms with Gasteiger partial charge in [-0.2, -0.15) is 0 Å². The van der Waals surface area contributed by atoms with E-state index >= 15 is 0 Å². The van der Waals surface area contributed by atoms with E-state index in [0.717, 1.165) is 32.7 Å². The van der Waals surface area contributed by atoms with E-state index in [1.54, 1.807) is 0 Å². The molecule has 1 rings (SSSR count). The topological polar surface area (TPSA) is 32.7 Å². The van der Waals surface area contributed by atoms with Crippen molar-refractivity contribution in [2.24, 2.45) is 0 Å². The molecule has 0 aromatic heterocycles. The Morgan fingerprint density at radius 2 is 2.21 bits per heavy atom. The van der Waals surface area contributed by atoms with Crippen molar-refractivity contribution in [3.8, 4) is 0 Å². The molecule has 0 bridgehead atoms. The molecule has 1 atom stereocenters. The summed E-state index contributed by atoms with van der Waals surface area (Å²) in [6, 6.07) is 0.500. The van der Waals surface area contributed by atoms with Crippen LogP contribution in [0.3, 0.4) is 0 Å². The summed E-state index contributed by atoms with van der Waals surface area (Å²) in [4.78, 5) is 2.32. The summed E-state index contributed by atoms with van der Waals surface area (Å²) >= 11 is 0. The van der Waals surface area contributed by atoms with Crippen molar-refractivity contribution in [1.29, 1.82) is 0 Å². The summed E-state index contributed by atoms with van der Waals surface area (Å²) in [5.74, 6) is 0. The van der Waals surface area contributed by atoms with Gasteiger partial charge in [-0.05, 0) is 33.2 Å². The number of ether oxygens (including phenoxy) is 1. The third-order valence-electron chi connectivity index (χ3n) is 2.65. The fraction of sp³-hybridized carbons (Fsp3) is 1.00. The molecule has 1 aliphatic heterocycles.